The fourth-order valence-electron chi connectivity index (χ4n) is 2.20. The van der Waals surface area contributed by atoms with E-state index in [1.165, 1.54) is 16.7 Å². The van der Waals surface area contributed by atoms with Gasteiger partial charge in [0.25, 0.3) is 5.91 Å². The molecule has 1 aliphatic rings. The Morgan fingerprint density at radius 2 is 1.87 bits per heavy atom. The van der Waals surface area contributed by atoms with Crippen LogP contribution in [-0.4, -0.2) is 17.3 Å². The Bertz CT molecular complexity index is 802. The summed E-state index contributed by atoms with van der Waals surface area (Å²) < 4.78 is 7.00. The number of anilines is 1. The third kappa shape index (κ3) is 3.44. The van der Waals surface area contributed by atoms with Crippen LogP contribution >= 0.6 is 46.6 Å². The van der Waals surface area contributed by atoms with E-state index < -0.39 is 0 Å². The van der Waals surface area contributed by atoms with Gasteiger partial charge in [0.05, 0.1) is 17.7 Å². The van der Waals surface area contributed by atoms with E-state index in [0.29, 0.717) is 20.7 Å². The molecular weight excluding hydrogens is 441 g/mol. The van der Waals surface area contributed by atoms with Gasteiger partial charge >= 0.3 is 0 Å². The Labute approximate surface area is 157 Å². The smallest absolute Gasteiger partial charge is 0.270 e. The molecule has 0 radical (unpaired) electrons. The summed E-state index contributed by atoms with van der Waals surface area (Å²) >= 11 is 8.95. The van der Waals surface area contributed by atoms with E-state index in [9.17, 15) is 4.79 Å². The van der Waals surface area contributed by atoms with E-state index in [1.54, 1.807) is 7.11 Å². The summed E-state index contributed by atoms with van der Waals surface area (Å²) in [5.41, 5.74) is 1.65. The number of hydrogen-bond donors (Lipinski definition) is 0. The molecule has 0 aromatic heterocycles. The van der Waals surface area contributed by atoms with E-state index in [4.69, 9.17) is 17.0 Å². The maximum absolute atomic E-state index is 12.7. The van der Waals surface area contributed by atoms with Crippen molar-refractivity contribution < 1.29 is 9.53 Å². The van der Waals surface area contributed by atoms with Crippen molar-refractivity contribution in [2.75, 3.05) is 12.0 Å². The number of carbonyl (C=O) groups is 1. The average molecular weight is 453 g/mol. The molecule has 0 spiro atoms. The molecule has 0 aliphatic carbocycles. The first-order valence-corrected chi connectivity index (χ1v) is 9.07. The summed E-state index contributed by atoms with van der Waals surface area (Å²) in [5.74, 6) is 0.502. The minimum Gasteiger partial charge on any atom is -0.495 e. The Kier molecular flexibility index (Phi) is 5.03. The first-order chi connectivity index (χ1) is 11.1. The second kappa shape index (κ2) is 7.02. The number of para-hydroxylation sites is 2. The molecule has 2 aromatic rings. The highest BCUT2D eigenvalue weighted by Gasteiger charge is 2.34. The number of benzene rings is 2. The van der Waals surface area contributed by atoms with Gasteiger partial charge in [0.1, 0.15) is 5.75 Å². The lowest BCUT2D eigenvalue weighted by Gasteiger charge is -2.17. The molecular formula is C17H12INO2S2. The number of methoxy groups -OCH3 is 1. The van der Waals surface area contributed by atoms with Crippen LogP contribution in [0.1, 0.15) is 5.56 Å². The predicted molar refractivity (Wildman–Crippen MR) is 108 cm³/mol. The first-order valence-electron chi connectivity index (χ1n) is 6.76. The molecule has 6 heteroatoms. The third-order valence-corrected chi connectivity index (χ3v) is 5.31. The van der Waals surface area contributed by atoms with E-state index in [-0.39, 0.29) is 5.91 Å². The number of rotatable bonds is 3. The first kappa shape index (κ1) is 16.5. The molecule has 0 unspecified atom stereocenters. The lowest BCUT2D eigenvalue weighted by molar-refractivity contribution is -0.113. The Balaban J connectivity index is 1.95. The van der Waals surface area contributed by atoms with Gasteiger partial charge in [0, 0.05) is 3.57 Å². The number of halogens is 1. The van der Waals surface area contributed by atoms with E-state index >= 15 is 0 Å². The molecule has 1 amide bonds. The van der Waals surface area contributed by atoms with Gasteiger partial charge in [0.15, 0.2) is 4.32 Å². The van der Waals surface area contributed by atoms with Gasteiger partial charge in [-0.25, -0.2) is 0 Å². The molecule has 2 aromatic carbocycles. The molecule has 3 rings (SSSR count). The summed E-state index contributed by atoms with van der Waals surface area (Å²) in [5, 5.41) is 0. The minimum absolute atomic E-state index is 0.122. The normalized spacial score (nSPS) is 16.3. The largest absolute Gasteiger partial charge is 0.495 e. The number of nitrogens with zero attached hydrogens (tertiary/aromatic N) is 1. The Morgan fingerprint density at radius 3 is 2.57 bits per heavy atom. The average Bonchev–Trinajstić information content (AvgIpc) is 2.83. The summed E-state index contributed by atoms with van der Waals surface area (Å²) in [4.78, 5) is 14.9. The predicted octanol–water partition coefficient (Wildman–Crippen LogP) is 4.71. The molecule has 116 valence electrons. The van der Waals surface area contributed by atoms with Crippen molar-refractivity contribution in [3.8, 4) is 5.75 Å². The van der Waals surface area contributed by atoms with Crippen molar-refractivity contribution in [3.63, 3.8) is 0 Å². The van der Waals surface area contributed by atoms with Crippen molar-refractivity contribution in [2.24, 2.45) is 0 Å². The van der Waals surface area contributed by atoms with Crippen LogP contribution in [0.2, 0.25) is 0 Å². The highest BCUT2D eigenvalue weighted by atomic mass is 127. The topological polar surface area (TPSA) is 29.5 Å². The fourth-order valence-corrected chi connectivity index (χ4v) is 3.84. The second-order valence-electron chi connectivity index (χ2n) is 4.74. The van der Waals surface area contributed by atoms with Crippen LogP contribution in [0, 0.1) is 3.57 Å². The maximum Gasteiger partial charge on any atom is 0.270 e. The van der Waals surface area contributed by atoms with Crippen LogP contribution in [0.25, 0.3) is 6.08 Å². The van der Waals surface area contributed by atoms with Gasteiger partial charge < -0.3 is 4.74 Å². The summed E-state index contributed by atoms with van der Waals surface area (Å²) in [7, 11) is 1.58. The second-order valence-corrected chi connectivity index (χ2v) is 7.66. The number of thioether (sulfide) groups is 1. The lowest BCUT2D eigenvalue weighted by atomic mass is 10.2. The van der Waals surface area contributed by atoms with Crippen LogP contribution in [0.5, 0.6) is 5.75 Å². The molecule has 1 aliphatic heterocycles. The van der Waals surface area contributed by atoms with Gasteiger partial charge in [-0.15, -0.1) is 0 Å². The van der Waals surface area contributed by atoms with Crippen molar-refractivity contribution in [3.05, 3.63) is 62.6 Å². The third-order valence-electron chi connectivity index (χ3n) is 3.29. The van der Waals surface area contributed by atoms with Crippen LogP contribution in [-0.2, 0) is 4.79 Å². The van der Waals surface area contributed by atoms with E-state index in [0.717, 1.165) is 9.13 Å². The van der Waals surface area contributed by atoms with Crippen LogP contribution < -0.4 is 9.64 Å². The number of hydrogen-bond acceptors (Lipinski definition) is 4. The SMILES string of the molecule is COc1ccccc1N1C(=O)/C(=C/c2ccc(I)cc2)SC1=S. The number of ether oxygens (including phenoxy) is 1. The van der Waals surface area contributed by atoms with E-state index in [2.05, 4.69) is 22.6 Å². The molecule has 3 nitrogen and oxygen atoms in total. The minimum atomic E-state index is -0.122. The molecule has 1 saturated heterocycles. The molecule has 0 bridgehead atoms. The summed E-state index contributed by atoms with van der Waals surface area (Å²) in [6.45, 7) is 0. The molecule has 0 saturated carbocycles. The van der Waals surface area contributed by atoms with Crippen molar-refractivity contribution in [1.29, 1.82) is 0 Å². The van der Waals surface area contributed by atoms with Gasteiger partial charge in [-0.05, 0) is 58.5 Å². The standard InChI is InChI=1S/C17H12INO2S2/c1-21-14-5-3-2-4-13(14)19-16(20)15(23-17(19)22)10-11-6-8-12(18)9-7-11/h2-10H,1H3/b15-10-. The number of carbonyl (C=O) groups excluding carboxylic acids is 1. The molecule has 1 fully saturated rings. The van der Waals surface area contributed by atoms with Crippen molar-refractivity contribution >= 4 is 68.6 Å². The van der Waals surface area contributed by atoms with Crippen molar-refractivity contribution in [1.82, 2.24) is 0 Å². The Hall–Kier alpha value is -1.38. The fraction of sp³-hybridized carbons (Fsp3) is 0.0588. The molecule has 0 N–H and O–H groups in total. The summed E-state index contributed by atoms with van der Waals surface area (Å²) in [6, 6.07) is 15.4. The van der Waals surface area contributed by atoms with Crippen LogP contribution in [0.4, 0.5) is 5.69 Å². The van der Waals surface area contributed by atoms with Gasteiger partial charge in [-0.1, -0.05) is 48.2 Å². The monoisotopic (exact) mass is 453 g/mol. The van der Waals surface area contributed by atoms with Gasteiger partial charge in [-0.2, -0.15) is 0 Å². The maximum atomic E-state index is 12.7. The highest BCUT2D eigenvalue weighted by Crippen LogP contribution is 2.39. The zero-order valence-corrected chi connectivity index (χ0v) is 15.9. The number of thiocarbonyl (C=S) groups is 1. The van der Waals surface area contributed by atoms with Gasteiger partial charge in [-0.3, -0.25) is 9.69 Å². The van der Waals surface area contributed by atoms with E-state index in [1.807, 2.05) is 54.6 Å². The molecule has 1 heterocycles. The van der Waals surface area contributed by atoms with Crippen LogP contribution in [0.3, 0.4) is 0 Å². The molecule has 23 heavy (non-hydrogen) atoms. The summed E-state index contributed by atoms with van der Waals surface area (Å²) in [6.07, 6.45) is 1.87. The zero-order chi connectivity index (χ0) is 16.4. The Morgan fingerprint density at radius 1 is 1.17 bits per heavy atom. The van der Waals surface area contributed by atoms with Gasteiger partial charge in [0.2, 0.25) is 0 Å². The van der Waals surface area contributed by atoms with Crippen molar-refractivity contribution in [2.45, 2.75) is 0 Å². The van der Waals surface area contributed by atoms with Crippen LogP contribution in [0.15, 0.2) is 53.4 Å². The lowest BCUT2D eigenvalue weighted by Crippen LogP contribution is -2.27. The quantitative estimate of drug-likeness (QED) is 0.383. The number of amides is 1. The zero-order valence-electron chi connectivity index (χ0n) is 12.2. The highest BCUT2D eigenvalue weighted by molar-refractivity contribution is 14.1. The molecule has 0 atom stereocenters.